The van der Waals surface area contributed by atoms with Crippen LogP contribution in [-0.2, 0) is 4.79 Å². The summed E-state index contributed by atoms with van der Waals surface area (Å²) >= 11 is 0. The third-order valence-corrected chi connectivity index (χ3v) is 2.36. The van der Waals surface area contributed by atoms with Gasteiger partial charge in [-0.3, -0.25) is 4.79 Å². The molecule has 0 unspecified atom stereocenters. The molecule has 2 nitrogen and oxygen atoms in total. The van der Waals surface area contributed by atoms with Crippen molar-refractivity contribution >= 4 is 5.91 Å². The van der Waals surface area contributed by atoms with Crippen LogP contribution in [0.5, 0.6) is 0 Å². The Bertz CT molecular complexity index is 453. The van der Waals surface area contributed by atoms with Gasteiger partial charge in [-0.05, 0) is 24.6 Å². The van der Waals surface area contributed by atoms with Crippen molar-refractivity contribution in [2.75, 3.05) is 0 Å². The Kier molecular flexibility index (Phi) is 4.12. The fourth-order valence-electron chi connectivity index (χ4n) is 1.25. The van der Waals surface area contributed by atoms with E-state index in [1.165, 1.54) is 24.4 Å². The molecule has 1 atom stereocenters. The van der Waals surface area contributed by atoms with Gasteiger partial charge in [0.25, 0.3) is 0 Å². The number of rotatable bonds is 3. The highest BCUT2D eigenvalue weighted by Gasteiger charge is 2.63. The fraction of sp³-hybridized carbons (Fsp3) is 0.364. The van der Waals surface area contributed by atoms with Crippen molar-refractivity contribution in [1.82, 2.24) is 5.32 Å². The van der Waals surface area contributed by atoms with Gasteiger partial charge in [-0.2, -0.15) is 22.0 Å². The van der Waals surface area contributed by atoms with Gasteiger partial charge in [0.1, 0.15) is 5.82 Å². The Balaban J connectivity index is 2.80. The molecule has 1 aromatic carbocycles. The molecule has 1 rings (SSSR count). The maximum absolute atomic E-state index is 12.7. The van der Waals surface area contributed by atoms with Crippen LogP contribution in [0.3, 0.4) is 0 Å². The van der Waals surface area contributed by atoms with E-state index in [-0.39, 0.29) is 5.56 Å². The van der Waals surface area contributed by atoms with Crippen molar-refractivity contribution in [3.63, 3.8) is 0 Å². The van der Waals surface area contributed by atoms with E-state index >= 15 is 0 Å². The Labute approximate surface area is 104 Å². The third kappa shape index (κ3) is 3.39. The fourth-order valence-corrected chi connectivity index (χ4v) is 1.25. The van der Waals surface area contributed by atoms with Gasteiger partial charge in [-0.25, -0.2) is 4.39 Å². The zero-order valence-corrected chi connectivity index (χ0v) is 9.56. The molecule has 0 radical (unpaired) electrons. The standard InChI is InChI=1S/C11H9F6NO/c1-6(7-2-4-8(12)5-3-7)18-9(19)10(13,14)11(15,16)17/h2-6H,1H3,(H,18,19)/t6-/m1/s1. The van der Waals surface area contributed by atoms with E-state index in [1.807, 2.05) is 0 Å². The first-order chi connectivity index (χ1) is 8.55. The summed E-state index contributed by atoms with van der Waals surface area (Å²) in [6.45, 7) is 1.21. The Morgan fingerprint density at radius 1 is 1.11 bits per heavy atom. The molecule has 0 aliphatic carbocycles. The topological polar surface area (TPSA) is 29.1 Å². The second-order valence-electron chi connectivity index (χ2n) is 3.82. The van der Waals surface area contributed by atoms with E-state index in [0.29, 0.717) is 0 Å². The number of halogens is 6. The van der Waals surface area contributed by atoms with Crippen LogP contribution < -0.4 is 5.32 Å². The highest BCUT2D eigenvalue weighted by Crippen LogP contribution is 2.35. The number of alkyl halides is 5. The first-order valence-corrected chi connectivity index (χ1v) is 5.06. The Hall–Kier alpha value is -1.73. The second kappa shape index (κ2) is 5.10. The largest absolute Gasteiger partial charge is 0.463 e. The monoisotopic (exact) mass is 285 g/mol. The number of hydrogen-bond donors (Lipinski definition) is 1. The molecule has 0 spiro atoms. The van der Waals surface area contributed by atoms with E-state index in [4.69, 9.17) is 0 Å². The molecule has 0 aromatic heterocycles. The molecule has 0 heterocycles. The summed E-state index contributed by atoms with van der Waals surface area (Å²) in [6.07, 6.45) is -5.96. The maximum atomic E-state index is 12.7. The van der Waals surface area contributed by atoms with Gasteiger partial charge in [0, 0.05) is 0 Å². The SMILES string of the molecule is C[C@@H](NC(=O)C(F)(F)C(F)(F)F)c1ccc(F)cc1. The molecule has 0 fully saturated rings. The number of carbonyl (C=O) groups is 1. The van der Waals surface area contributed by atoms with Crippen molar-refractivity contribution in [3.8, 4) is 0 Å². The van der Waals surface area contributed by atoms with E-state index in [1.54, 1.807) is 0 Å². The van der Waals surface area contributed by atoms with Gasteiger partial charge in [-0.1, -0.05) is 12.1 Å². The smallest absolute Gasteiger partial charge is 0.344 e. The minimum Gasteiger partial charge on any atom is -0.344 e. The molecule has 0 aliphatic heterocycles. The van der Waals surface area contributed by atoms with Gasteiger partial charge in [-0.15, -0.1) is 0 Å². The van der Waals surface area contributed by atoms with E-state index in [0.717, 1.165) is 12.1 Å². The predicted octanol–water partition coefficient (Wildman–Crippen LogP) is 3.20. The molecule has 0 saturated carbocycles. The molecule has 0 saturated heterocycles. The highest BCUT2D eigenvalue weighted by atomic mass is 19.4. The van der Waals surface area contributed by atoms with Crippen molar-refractivity contribution < 1.29 is 31.1 Å². The summed E-state index contributed by atoms with van der Waals surface area (Å²) in [5.74, 6) is -8.51. The van der Waals surface area contributed by atoms with Gasteiger partial charge < -0.3 is 5.32 Å². The lowest BCUT2D eigenvalue weighted by atomic mass is 10.1. The lowest BCUT2D eigenvalue weighted by Crippen LogP contribution is -2.50. The van der Waals surface area contributed by atoms with Crippen LogP contribution in [0.2, 0.25) is 0 Å². The van der Waals surface area contributed by atoms with Crippen molar-refractivity contribution in [2.24, 2.45) is 0 Å². The summed E-state index contributed by atoms with van der Waals surface area (Å²) in [4.78, 5) is 10.9. The number of carbonyl (C=O) groups excluding carboxylic acids is 1. The maximum Gasteiger partial charge on any atom is 0.463 e. The van der Waals surface area contributed by atoms with E-state index in [9.17, 15) is 31.1 Å². The van der Waals surface area contributed by atoms with Crippen molar-refractivity contribution in [1.29, 1.82) is 0 Å². The minimum atomic E-state index is -5.96. The van der Waals surface area contributed by atoms with Gasteiger partial charge in [0.05, 0.1) is 6.04 Å². The highest BCUT2D eigenvalue weighted by molar-refractivity contribution is 5.84. The van der Waals surface area contributed by atoms with Crippen molar-refractivity contribution in [3.05, 3.63) is 35.6 Å². The average Bonchev–Trinajstić information content (AvgIpc) is 2.28. The molecule has 8 heteroatoms. The third-order valence-electron chi connectivity index (χ3n) is 2.36. The van der Waals surface area contributed by atoms with Crippen LogP contribution in [-0.4, -0.2) is 18.0 Å². The van der Waals surface area contributed by atoms with E-state index in [2.05, 4.69) is 0 Å². The van der Waals surface area contributed by atoms with Crippen molar-refractivity contribution in [2.45, 2.75) is 25.1 Å². The summed E-state index contributed by atoms with van der Waals surface area (Å²) in [5.41, 5.74) is 0.202. The number of nitrogens with one attached hydrogen (secondary N) is 1. The quantitative estimate of drug-likeness (QED) is 0.849. The number of hydrogen-bond acceptors (Lipinski definition) is 1. The van der Waals surface area contributed by atoms with E-state index < -0.39 is 29.9 Å². The average molecular weight is 285 g/mol. The summed E-state index contributed by atoms with van der Waals surface area (Å²) in [6, 6.07) is 3.24. The second-order valence-corrected chi connectivity index (χ2v) is 3.82. The van der Waals surface area contributed by atoms with Crippen LogP contribution in [0, 0.1) is 5.82 Å². The zero-order valence-electron chi connectivity index (χ0n) is 9.56. The molecule has 1 amide bonds. The number of benzene rings is 1. The summed E-state index contributed by atoms with van der Waals surface area (Å²) in [5, 5.41) is 1.53. The van der Waals surface area contributed by atoms with Gasteiger partial charge in [0.15, 0.2) is 0 Å². The molecular weight excluding hydrogens is 276 g/mol. The minimum absolute atomic E-state index is 0.202. The predicted molar refractivity (Wildman–Crippen MR) is 54.0 cm³/mol. The molecule has 0 aliphatic rings. The molecule has 0 bridgehead atoms. The van der Waals surface area contributed by atoms with Crippen LogP contribution in [0.25, 0.3) is 0 Å². The first-order valence-electron chi connectivity index (χ1n) is 5.06. The van der Waals surface area contributed by atoms with Gasteiger partial charge in [0.2, 0.25) is 0 Å². The Morgan fingerprint density at radius 3 is 2.00 bits per heavy atom. The normalized spacial score (nSPS) is 14.1. The van der Waals surface area contributed by atoms with Crippen LogP contribution >= 0.6 is 0 Å². The molecular formula is C11H9F6NO. The molecule has 106 valence electrons. The Morgan fingerprint density at radius 2 is 1.58 bits per heavy atom. The zero-order chi connectivity index (χ0) is 14.8. The van der Waals surface area contributed by atoms with Gasteiger partial charge >= 0.3 is 18.0 Å². The van der Waals surface area contributed by atoms with Crippen LogP contribution in [0.1, 0.15) is 18.5 Å². The molecule has 1 aromatic rings. The molecule has 1 N–H and O–H groups in total. The number of amides is 1. The lowest BCUT2D eigenvalue weighted by Gasteiger charge is -2.21. The van der Waals surface area contributed by atoms with Crippen LogP contribution in [0.15, 0.2) is 24.3 Å². The summed E-state index contributed by atoms with van der Waals surface area (Å²) in [7, 11) is 0. The summed E-state index contributed by atoms with van der Waals surface area (Å²) < 4.78 is 73.7. The van der Waals surface area contributed by atoms with Crippen LogP contribution in [0.4, 0.5) is 26.3 Å². The lowest BCUT2D eigenvalue weighted by molar-refractivity contribution is -0.270. The molecule has 19 heavy (non-hydrogen) atoms. The first kappa shape index (κ1) is 15.3.